The van der Waals surface area contributed by atoms with Crippen molar-refractivity contribution in [3.05, 3.63) is 34.4 Å². The summed E-state index contributed by atoms with van der Waals surface area (Å²) in [6, 6.07) is 5.50. The van der Waals surface area contributed by atoms with Gasteiger partial charge >= 0.3 is 0 Å². The van der Waals surface area contributed by atoms with E-state index in [0.29, 0.717) is 6.54 Å². The fourth-order valence-electron chi connectivity index (χ4n) is 1.81. The van der Waals surface area contributed by atoms with E-state index in [0.717, 1.165) is 14.4 Å². The minimum absolute atomic E-state index is 0.109. The molecule has 3 heterocycles. The van der Waals surface area contributed by atoms with E-state index in [2.05, 4.69) is 35.9 Å². The number of aryl methyl sites for hydroxylation is 1. The van der Waals surface area contributed by atoms with E-state index < -0.39 is 10.0 Å². The van der Waals surface area contributed by atoms with Crippen LogP contribution in [0, 0.1) is 0 Å². The van der Waals surface area contributed by atoms with Crippen molar-refractivity contribution >= 4 is 43.1 Å². The van der Waals surface area contributed by atoms with Crippen LogP contribution in [0.4, 0.5) is 5.82 Å². The van der Waals surface area contributed by atoms with E-state index in [4.69, 9.17) is 0 Å². The maximum Gasteiger partial charge on any atom is 0.266 e. The van der Waals surface area contributed by atoms with Crippen LogP contribution in [0.2, 0.25) is 0 Å². The number of H-pyrrole nitrogens is 1. The third-order valence-electron chi connectivity index (χ3n) is 2.90. The molecule has 0 saturated carbocycles. The Morgan fingerprint density at radius 3 is 2.91 bits per heavy atom. The van der Waals surface area contributed by atoms with Crippen molar-refractivity contribution in [2.75, 3.05) is 4.72 Å². The monoisotopic (exact) mass is 401 g/mol. The topological polar surface area (TPSA) is 92.7 Å². The normalized spacial score (nSPS) is 11.7. The molecule has 0 aliphatic heterocycles. The predicted molar refractivity (Wildman–Crippen MR) is 88.3 cm³/mol. The van der Waals surface area contributed by atoms with Crippen LogP contribution in [0.5, 0.6) is 0 Å². The minimum atomic E-state index is -3.69. The van der Waals surface area contributed by atoms with Gasteiger partial charge in [0.1, 0.15) is 4.90 Å². The molecule has 3 aromatic heterocycles. The van der Waals surface area contributed by atoms with Gasteiger partial charge in [-0.05, 0) is 35.0 Å². The maximum atomic E-state index is 12.3. The molecule has 0 aliphatic rings. The van der Waals surface area contributed by atoms with Gasteiger partial charge in [-0.15, -0.1) is 11.3 Å². The van der Waals surface area contributed by atoms with E-state index in [1.165, 1.54) is 23.7 Å². The van der Waals surface area contributed by atoms with Crippen LogP contribution in [0.1, 0.15) is 6.92 Å². The van der Waals surface area contributed by atoms with E-state index in [1.807, 2.05) is 19.1 Å². The maximum absolute atomic E-state index is 12.3. The second kappa shape index (κ2) is 5.86. The molecule has 0 saturated heterocycles. The van der Waals surface area contributed by atoms with Crippen LogP contribution in [-0.2, 0) is 16.6 Å². The number of aromatic amines is 1. The minimum Gasteiger partial charge on any atom is -0.275 e. The van der Waals surface area contributed by atoms with Gasteiger partial charge in [-0.25, -0.2) is 8.42 Å². The standard InChI is InChI=1S/C12H12BrN5O2S2/c1-2-18-7-8(6-14-18)22(19,20)17-12-5-9(15-16-12)10-3-4-11(13)21-10/h3-7H,2H2,1H3,(H2,15,16,17). The van der Waals surface area contributed by atoms with E-state index in [1.54, 1.807) is 10.7 Å². The first-order valence-corrected chi connectivity index (χ1v) is 9.43. The number of rotatable bonds is 5. The molecular formula is C12H12BrN5O2S2. The van der Waals surface area contributed by atoms with Crippen molar-refractivity contribution in [3.63, 3.8) is 0 Å². The summed E-state index contributed by atoms with van der Waals surface area (Å²) in [5.41, 5.74) is 0.748. The summed E-state index contributed by atoms with van der Waals surface area (Å²) in [4.78, 5) is 1.07. The Hall–Kier alpha value is -1.65. The molecule has 0 aliphatic carbocycles. The molecule has 10 heteroatoms. The van der Waals surface area contributed by atoms with E-state index in [-0.39, 0.29) is 10.7 Å². The highest BCUT2D eigenvalue weighted by Crippen LogP contribution is 2.31. The summed E-state index contributed by atoms with van der Waals surface area (Å²) >= 11 is 4.92. The molecule has 0 fully saturated rings. The molecule has 0 atom stereocenters. The zero-order valence-electron chi connectivity index (χ0n) is 11.4. The molecule has 0 radical (unpaired) electrons. The number of nitrogens with zero attached hydrogens (tertiary/aromatic N) is 3. The average Bonchev–Trinajstić information content (AvgIpc) is 3.17. The molecule has 0 amide bonds. The molecule has 3 aromatic rings. The van der Waals surface area contributed by atoms with Gasteiger partial charge in [0.05, 0.1) is 20.6 Å². The van der Waals surface area contributed by atoms with Crippen molar-refractivity contribution in [1.29, 1.82) is 0 Å². The summed E-state index contributed by atoms with van der Waals surface area (Å²) < 4.78 is 29.5. The van der Waals surface area contributed by atoms with Crippen molar-refractivity contribution in [3.8, 4) is 10.6 Å². The van der Waals surface area contributed by atoms with Crippen LogP contribution in [-0.4, -0.2) is 28.4 Å². The molecule has 116 valence electrons. The Morgan fingerprint density at radius 2 is 2.27 bits per heavy atom. The van der Waals surface area contributed by atoms with Crippen molar-refractivity contribution < 1.29 is 8.42 Å². The van der Waals surface area contributed by atoms with Crippen molar-refractivity contribution in [1.82, 2.24) is 20.0 Å². The van der Waals surface area contributed by atoms with Gasteiger partial charge in [-0.3, -0.25) is 14.5 Å². The first-order chi connectivity index (χ1) is 10.5. The SMILES string of the molecule is CCn1cc(S(=O)(=O)Nc2cc(-c3ccc(Br)s3)[nH]n2)cn1. The zero-order chi connectivity index (χ0) is 15.7. The molecule has 7 nitrogen and oxygen atoms in total. The number of halogens is 1. The van der Waals surface area contributed by atoms with Crippen LogP contribution < -0.4 is 4.72 Å². The zero-order valence-corrected chi connectivity index (χ0v) is 14.7. The molecule has 0 unspecified atom stereocenters. The summed E-state index contributed by atoms with van der Waals surface area (Å²) in [6.45, 7) is 2.49. The van der Waals surface area contributed by atoms with E-state index in [9.17, 15) is 8.42 Å². The molecule has 3 rings (SSSR count). The van der Waals surface area contributed by atoms with Gasteiger partial charge in [0.25, 0.3) is 10.0 Å². The second-order valence-electron chi connectivity index (χ2n) is 4.41. The number of sulfonamides is 1. The molecule has 0 bridgehead atoms. The van der Waals surface area contributed by atoms with Crippen LogP contribution in [0.15, 0.2) is 39.3 Å². The lowest BCUT2D eigenvalue weighted by Gasteiger charge is -2.01. The Morgan fingerprint density at radius 1 is 1.45 bits per heavy atom. The van der Waals surface area contributed by atoms with Crippen molar-refractivity contribution in [2.24, 2.45) is 0 Å². The summed E-state index contributed by atoms with van der Waals surface area (Å²) in [5, 5.41) is 10.8. The first kappa shape index (κ1) is 15.3. The van der Waals surface area contributed by atoms with Crippen LogP contribution >= 0.6 is 27.3 Å². The van der Waals surface area contributed by atoms with Gasteiger partial charge in [-0.1, -0.05) is 0 Å². The summed E-state index contributed by atoms with van der Waals surface area (Å²) in [5.74, 6) is 0.240. The van der Waals surface area contributed by atoms with Gasteiger partial charge < -0.3 is 0 Å². The Balaban J connectivity index is 1.82. The third kappa shape index (κ3) is 3.08. The number of nitrogens with one attached hydrogen (secondary N) is 2. The molecule has 0 aromatic carbocycles. The fraction of sp³-hybridized carbons (Fsp3) is 0.167. The van der Waals surface area contributed by atoms with Crippen LogP contribution in [0.25, 0.3) is 10.6 Å². The highest BCUT2D eigenvalue weighted by Gasteiger charge is 2.18. The largest absolute Gasteiger partial charge is 0.275 e. The molecule has 0 spiro atoms. The van der Waals surface area contributed by atoms with Gasteiger partial charge in [-0.2, -0.15) is 10.2 Å². The number of anilines is 1. The lowest BCUT2D eigenvalue weighted by Crippen LogP contribution is -2.12. The number of aromatic nitrogens is 4. The highest BCUT2D eigenvalue weighted by molar-refractivity contribution is 9.11. The lowest BCUT2D eigenvalue weighted by atomic mass is 10.3. The Bertz CT molecular complexity index is 896. The smallest absolute Gasteiger partial charge is 0.266 e. The molecular weight excluding hydrogens is 390 g/mol. The summed E-state index contributed by atoms with van der Waals surface area (Å²) in [7, 11) is -3.69. The van der Waals surface area contributed by atoms with E-state index >= 15 is 0 Å². The number of hydrogen-bond acceptors (Lipinski definition) is 5. The highest BCUT2D eigenvalue weighted by atomic mass is 79.9. The summed E-state index contributed by atoms with van der Waals surface area (Å²) in [6.07, 6.45) is 2.79. The van der Waals surface area contributed by atoms with Gasteiger partial charge in [0.15, 0.2) is 5.82 Å². The molecule has 22 heavy (non-hydrogen) atoms. The van der Waals surface area contributed by atoms with Gasteiger partial charge in [0, 0.05) is 18.8 Å². The lowest BCUT2D eigenvalue weighted by molar-refractivity contribution is 0.600. The number of hydrogen-bond donors (Lipinski definition) is 2. The number of thiophene rings is 1. The quantitative estimate of drug-likeness (QED) is 0.687. The van der Waals surface area contributed by atoms with Crippen molar-refractivity contribution in [2.45, 2.75) is 18.4 Å². The third-order valence-corrected chi connectivity index (χ3v) is 5.87. The van der Waals surface area contributed by atoms with Gasteiger partial charge in [0.2, 0.25) is 0 Å². The average molecular weight is 402 g/mol. The molecule has 2 N–H and O–H groups in total. The fourth-order valence-corrected chi connectivity index (χ4v) is 4.11. The Kier molecular flexibility index (Phi) is 4.06. The predicted octanol–water partition coefficient (Wildman–Crippen LogP) is 2.92. The second-order valence-corrected chi connectivity index (χ2v) is 8.55. The first-order valence-electron chi connectivity index (χ1n) is 6.34. The Labute approximate surface area is 139 Å². The van der Waals surface area contributed by atoms with Crippen LogP contribution in [0.3, 0.4) is 0 Å².